The minimum atomic E-state index is -0.0578. The number of carbonyl (C=O) groups excluding carboxylic acids is 1. The highest BCUT2D eigenvalue weighted by molar-refractivity contribution is 7.14. The summed E-state index contributed by atoms with van der Waals surface area (Å²) >= 11 is 13.3. The van der Waals surface area contributed by atoms with Gasteiger partial charge in [0.15, 0.2) is 0 Å². The predicted molar refractivity (Wildman–Crippen MR) is 82.8 cm³/mol. The van der Waals surface area contributed by atoms with Gasteiger partial charge in [0.1, 0.15) is 0 Å². The monoisotopic (exact) mass is 325 g/mol. The van der Waals surface area contributed by atoms with Crippen molar-refractivity contribution in [2.75, 3.05) is 5.01 Å². The van der Waals surface area contributed by atoms with Crippen molar-refractivity contribution >= 4 is 51.3 Å². The second-order valence-electron chi connectivity index (χ2n) is 4.36. The molecule has 2 heterocycles. The Hall–Kier alpha value is -1.43. The molecule has 3 rings (SSSR count). The van der Waals surface area contributed by atoms with E-state index in [4.69, 9.17) is 23.2 Å². The normalized spacial score (nSPS) is 14.8. The Balaban J connectivity index is 1.94. The average Bonchev–Trinajstić information content (AvgIpc) is 2.99. The van der Waals surface area contributed by atoms with Gasteiger partial charge in [0, 0.05) is 16.7 Å². The van der Waals surface area contributed by atoms with E-state index in [-0.39, 0.29) is 5.91 Å². The van der Waals surface area contributed by atoms with Crippen molar-refractivity contribution in [1.82, 2.24) is 4.98 Å². The second kappa shape index (κ2) is 5.16. The molecule has 0 bridgehead atoms. The number of nitrogens with zero attached hydrogens (tertiary/aromatic N) is 3. The van der Waals surface area contributed by atoms with Gasteiger partial charge in [0.2, 0.25) is 5.13 Å². The molecule has 102 valence electrons. The maximum absolute atomic E-state index is 11.8. The van der Waals surface area contributed by atoms with E-state index in [1.165, 1.54) is 16.3 Å². The average molecular weight is 326 g/mol. The third-order valence-corrected chi connectivity index (χ3v) is 4.36. The van der Waals surface area contributed by atoms with E-state index < -0.39 is 0 Å². The molecule has 0 fully saturated rings. The number of carbonyl (C=O) groups is 1. The molecule has 2 aromatic rings. The predicted octanol–water partition coefficient (Wildman–Crippen LogP) is 4.23. The first-order valence-electron chi connectivity index (χ1n) is 5.82. The highest BCUT2D eigenvalue weighted by Gasteiger charge is 2.25. The van der Waals surface area contributed by atoms with Crippen LogP contribution < -0.4 is 5.01 Å². The molecule has 0 atom stereocenters. The van der Waals surface area contributed by atoms with Gasteiger partial charge in [-0.05, 0) is 19.1 Å². The van der Waals surface area contributed by atoms with E-state index in [0.29, 0.717) is 21.6 Å². The van der Waals surface area contributed by atoms with Crippen LogP contribution in [0.15, 0.2) is 28.7 Å². The van der Waals surface area contributed by atoms with Gasteiger partial charge in [-0.15, -0.1) is 11.3 Å². The Morgan fingerprint density at radius 2 is 2.10 bits per heavy atom. The van der Waals surface area contributed by atoms with Gasteiger partial charge in [-0.25, -0.2) is 4.98 Å². The Kier molecular flexibility index (Phi) is 3.50. The summed E-state index contributed by atoms with van der Waals surface area (Å²) in [7, 11) is 0. The minimum absolute atomic E-state index is 0.0578. The van der Waals surface area contributed by atoms with E-state index >= 15 is 0 Å². The van der Waals surface area contributed by atoms with Crippen molar-refractivity contribution in [1.29, 1.82) is 0 Å². The van der Waals surface area contributed by atoms with Crippen molar-refractivity contribution in [3.63, 3.8) is 0 Å². The van der Waals surface area contributed by atoms with Gasteiger partial charge < -0.3 is 0 Å². The SMILES string of the molecule is CC1=NN(c2nc(-c3ccc(Cl)c(Cl)c3)cs2)C(=O)C1. The zero-order valence-electron chi connectivity index (χ0n) is 10.4. The number of rotatable bonds is 2. The van der Waals surface area contributed by atoms with Crippen LogP contribution in [-0.4, -0.2) is 16.6 Å². The summed E-state index contributed by atoms with van der Waals surface area (Å²) in [4.78, 5) is 16.2. The van der Waals surface area contributed by atoms with Crippen molar-refractivity contribution in [3.8, 4) is 11.3 Å². The summed E-state index contributed by atoms with van der Waals surface area (Å²) in [6.45, 7) is 1.82. The van der Waals surface area contributed by atoms with E-state index in [2.05, 4.69) is 10.1 Å². The number of hydrogen-bond acceptors (Lipinski definition) is 4. The molecule has 0 spiro atoms. The van der Waals surface area contributed by atoms with Crippen LogP contribution in [0.5, 0.6) is 0 Å². The van der Waals surface area contributed by atoms with E-state index in [9.17, 15) is 4.79 Å². The number of anilines is 1. The number of hydrogen-bond donors (Lipinski definition) is 0. The maximum Gasteiger partial charge on any atom is 0.255 e. The van der Waals surface area contributed by atoms with E-state index in [0.717, 1.165) is 17.0 Å². The summed E-state index contributed by atoms with van der Waals surface area (Å²) in [6, 6.07) is 5.32. The molecule has 1 aliphatic rings. The summed E-state index contributed by atoms with van der Waals surface area (Å²) in [5, 5.41) is 8.93. The van der Waals surface area contributed by atoms with Gasteiger partial charge in [-0.3, -0.25) is 4.79 Å². The molecule has 0 N–H and O–H groups in total. The Bertz CT molecular complexity index is 726. The van der Waals surface area contributed by atoms with E-state index in [1.807, 2.05) is 18.4 Å². The molecule has 0 saturated carbocycles. The van der Waals surface area contributed by atoms with Crippen molar-refractivity contribution in [3.05, 3.63) is 33.6 Å². The topological polar surface area (TPSA) is 45.6 Å². The molecule has 1 aromatic heterocycles. The molecule has 4 nitrogen and oxygen atoms in total. The lowest BCUT2D eigenvalue weighted by atomic mass is 10.2. The van der Waals surface area contributed by atoms with Crippen molar-refractivity contribution in [2.45, 2.75) is 13.3 Å². The third kappa shape index (κ3) is 2.44. The summed E-state index contributed by atoms with van der Waals surface area (Å²) < 4.78 is 0. The molecule has 0 unspecified atom stereocenters. The molecule has 0 radical (unpaired) electrons. The lowest BCUT2D eigenvalue weighted by Crippen LogP contribution is -2.19. The molecule has 1 amide bonds. The molecular formula is C13H9Cl2N3OS. The van der Waals surface area contributed by atoms with Crippen LogP contribution in [0.1, 0.15) is 13.3 Å². The number of aromatic nitrogens is 1. The van der Waals surface area contributed by atoms with Crippen LogP contribution in [0.4, 0.5) is 5.13 Å². The number of thiazole rings is 1. The lowest BCUT2D eigenvalue weighted by Gasteiger charge is -2.06. The maximum atomic E-state index is 11.8. The number of halogens is 2. The third-order valence-electron chi connectivity index (χ3n) is 2.80. The summed E-state index contributed by atoms with van der Waals surface area (Å²) in [6.07, 6.45) is 0.349. The van der Waals surface area contributed by atoms with Gasteiger partial charge in [-0.1, -0.05) is 29.3 Å². The number of benzene rings is 1. The largest absolute Gasteiger partial charge is 0.272 e. The van der Waals surface area contributed by atoms with Crippen LogP contribution >= 0.6 is 34.5 Å². The highest BCUT2D eigenvalue weighted by atomic mass is 35.5. The fraction of sp³-hybridized carbons (Fsp3) is 0.154. The van der Waals surface area contributed by atoms with Crippen LogP contribution in [0.2, 0.25) is 10.0 Å². The fourth-order valence-electron chi connectivity index (χ4n) is 1.85. The Morgan fingerprint density at radius 3 is 2.75 bits per heavy atom. The van der Waals surface area contributed by atoms with Gasteiger partial charge in [-0.2, -0.15) is 10.1 Å². The summed E-state index contributed by atoms with van der Waals surface area (Å²) in [5.74, 6) is -0.0578. The van der Waals surface area contributed by atoms with Gasteiger partial charge >= 0.3 is 0 Å². The second-order valence-corrected chi connectivity index (χ2v) is 6.01. The molecular weight excluding hydrogens is 317 g/mol. The Morgan fingerprint density at radius 1 is 1.30 bits per heavy atom. The zero-order valence-corrected chi connectivity index (χ0v) is 12.8. The number of amides is 1. The molecule has 0 saturated heterocycles. The Labute approximate surface area is 129 Å². The minimum Gasteiger partial charge on any atom is -0.272 e. The van der Waals surface area contributed by atoms with Crippen LogP contribution in [-0.2, 0) is 4.79 Å². The first-order valence-corrected chi connectivity index (χ1v) is 7.46. The zero-order chi connectivity index (χ0) is 14.3. The quantitative estimate of drug-likeness (QED) is 0.829. The van der Waals surface area contributed by atoms with E-state index in [1.54, 1.807) is 12.1 Å². The molecule has 7 heteroatoms. The first-order chi connectivity index (χ1) is 9.54. The van der Waals surface area contributed by atoms with Crippen LogP contribution in [0.25, 0.3) is 11.3 Å². The van der Waals surface area contributed by atoms with Crippen molar-refractivity contribution in [2.24, 2.45) is 5.10 Å². The molecule has 0 aliphatic carbocycles. The summed E-state index contributed by atoms with van der Waals surface area (Å²) in [5.41, 5.74) is 2.40. The molecule has 1 aromatic carbocycles. The van der Waals surface area contributed by atoms with Gasteiger partial charge in [0.25, 0.3) is 5.91 Å². The smallest absolute Gasteiger partial charge is 0.255 e. The molecule has 20 heavy (non-hydrogen) atoms. The lowest BCUT2D eigenvalue weighted by molar-refractivity contribution is -0.116. The first kappa shape index (κ1) is 13.5. The van der Waals surface area contributed by atoms with Crippen LogP contribution in [0, 0.1) is 0 Å². The highest BCUT2D eigenvalue weighted by Crippen LogP contribution is 2.32. The van der Waals surface area contributed by atoms with Crippen LogP contribution in [0.3, 0.4) is 0 Å². The van der Waals surface area contributed by atoms with Crippen molar-refractivity contribution < 1.29 is 4.79 Å². The van der Waals surface area contributed by atoms with Gasteiger partial charge in [0.05, 0.1) is 22.2 Å². The standard InChI is InChI=1S/C13H9Cl2N3OS/c1-7-4-12(19)18(17-7)13-16-11(6-20-13)8-2-3-9(14)10(15)5-8/h2-3,5-6H,4H2,1H3. The fourth-order valence-corrected chi connectivity index (χ4v) is 2.95. The number of hydrazone groups is 1. The molecule has 1 aliphatic heterocycles.